The maximum absolute atomic E-state index is 11.6. The molecule has 0 rings (SSSR count). The van der Waals surface area contributed by atoms with Gasteiger partial charge in [-0.25, -0.2) is 8.78 Å². The first-order chi connectivity index (χ1) is 7.56. The van der Waals surface area contributed by atoms with Gasteiger partial charge in [0.05, 0.1) is 12.7 Å². The largest absolute Gasteiger partial charge is 0.393 e. The minimum absolute atomic E-state index is 0.00744. The first-order valence-electron chi connectivity index (χ1n) is 5.37. The van der Waals surface area contributed by atoms with Crippen LogP contribution in [0.25, 0.3) is 0 Å². The van der Waals surface area contributed by atoms with Crippen LogP contribution in [0.2, 0.25) is 0 Å². The maximum atomic E-state index is 11.6. The summed E-state index contributed by atoms with van der Waals surface area (Å²) >= 11 is 0. The Kier molecular flexibility index (Phi) is 9.03. The van der Waals surface area contributed by atoms with Crippen LogP contribution in [-0.2, 0) is 9.53 Å². The molecule has 0 fully saturated rings. The van der Waals surface area contributed by atoms with Crippen LogP contribution in [-0.4, -0.2) is 43.3 Å². The third kappa shape index (κ3) is 9.79. The molecule has 0 aromatic heterocycles. The quantitative estimate of drug-likeness (QED) is 0.589. The monoisotopic (exact) mass is 239 g/mol. The molecule has 2 N–H and O–H groups in total. The van der Waals surface area contributed by atoms with Crippen molar-refractivity contribution in [2.45, 2.75) is 38.7 Å². The molecule has 0 aliphatic heterocycles. The minimum atomic E-state index is -2.50. The van der Waals surface area contributed by atoms with Crippen molar-refractivity contribution in [1.82, 2.24) is 5.32 Å². The third-order valence-corrected chi connectivity index (χ3v) is 1.99. The SMILES string of the molecule is CCC(O)CCNC(=O)CCOCC(F)F. The molecule has 1 unspecified atom stereocenters. The van der Waals surface area contributed by atoms with Gasteiger partial charge in [-0.1, -0.05) is 6.92 Å². The molecule has 6 heteroatoms. The van der Waals surface area contributed by atoms with Crippen LogP contribution in [0.15, 0.2) is 0 Å². The summed E-state index contributed by atoms with van der Waals surface area (Å²) < 4.78 is 27.8. The van der Waals surface area contributed by atoms with E-state index in [1.54, 1.807) is 0 Å². The Labute approximate surface area is 94.0 Å². The lowest BCUT2D eigenvalue weighted by molar-refractivity contribution is -0.122. The topological polar surface area (TPSA) is 58.6 Å². The predicted molar refractivity (Wildman–Crippen MR) is 55.4 cm³/mol. The van der Waals surface area contributed by atoms with Gasteiger partial charge in [-0.2, -0.15) is 0 Å². The predicted octanol–water partition coefficient (Wildman–Crippen LogP) is 0.935. The van der Waals surface area contributed by atoms with Gasteiger partial charge in [-0.15, -0.1) is 0 Å². The van der Waals surface area contributed by atoms with Crippen molar-refractivity contribution in [3.63, 3.8) is 0 Å². The molecule has 0 aliphatic rings. The van der Waals surface area contributed by atoms with E-state index in [4.69, 9.17) is 0 Å². The summed E-state index contributed by atoms with van der Waals surface area (Å²) in [6, 6.07) is 0. The molecule has 0 aromatic rings. The van der Waals surface area contributed by atoms with Crippen LogP contribution in [0.5, 0.6) is 0 Å². The number of rotatable bonds is 9. The number of nitrogens with one attached hydrogen (secondary N) is 1. The average molecular weight is 239 g/mol. The van der Waals surface area contributed by atoms with Crippen LogP contribution < -0.4 is 5.32 Å². The first-order valence-corrected chi connectivity index (χ1v) is 5.37. The molecule has 0 aromatic carbocycles. The van der Waals surface area contributed by atoms with Gasteiger partial charge in [-0.3, -0.25) is 4.79 Å². The Morgan fingerprint density at radius 2 is 2.19 bits per heavy atom. The summed E-state index contributed by atoms with van der Waals surface area (Å²) in [6.07, 6.45) is -1.69. The summed E-state index contributed by atoms with van der Waals surface area (Å²) in [7, 11) is 0. The van der Waals surface area contributed by atoms with E-state index in [1.165, 1.54) is 0 Å². The van der Waals surface area contributed by atoms with Crippen molar-refractivity contribution in [2.75, 3.05) is 19.8 Å². The van der Waals surface area contributed by atoms with Gasteiger partial charge in [0.1, 0.15) is 6.61 Å². The zero-order chi connectivity index (χ0) is 12.4. The van der Waals surface area contributed by atoms with Gasteiger partial charge in [0.15, 0.2) is 0 Å². The van der Waals surface area contributed by atoms with Crippen molar-refractivity contribution in [3.05, 3.63) is 0 Å². The summed E-state index contributed by atoms with van der Waals surface area (Å²) in [5.74, 6) is -0.252. The average Bonchev–Trinajstić information content (AvgIpc) is 2.24. The van der Waals surface area contributed by atoms with E-state index in [0.717, 1.165) is 0 Å². The van der Waals surface area contributed by atoms with Gasteiger partial charge in [-0.05, 0) is 12.8 Å². The lowest BCUT2D eigenvalue weighted by atomic mass is 10.2. The number of hydrogen-bond donors (Lipinski definition) is 2. The van der Waals surface area contributed by atoms with Gasteiger partial charge in [0.2, 0.25) is 5.91 Å². The summed E-state index contributed by atoms with van der Waals surface area (Å²) in [6.45, 7) is 1.60. The van der Waals surface area contributed by atoms with E-state index in [2.05, 4.69) is 10.1 Å². The minimum Gasteiger partial charge on any atom is -0.393 e. The molecule has 4 nitrogen and oxygen atoms in total. The van der Waals surface area contributed by atoms with Crippen molar-refractivity contribution < 1.29 is 23.4 Å². The zero-order valence-corrected chi connectivity index (χ0v) is 9.42. The fraction of sp³-hybridized carbons (Fsp3) is 0.900. The smallest absolute Gasteiger partial charge is 0.261 e. The number of carbonyl (C=O) groups excluding carboxylic acids is 1. The van der Waals surface area contributed by atoms with Gasteiger partial charge in [0, 0.05) is 13.0 Å². The highest BCUT2D eigenvalue weighted by Crippen LogP contribution is 1.95. The summed E-state index contributed by atoms with van der Waals surface area (Å²) in [4.78, 5) is 11.1. The third-order valence-electron chi connectivity index (χ3n) is 1.99. The maximum Gasteiger partial charge on any atom is 0.261 e. The number of aliphatic hydroxyl groups is 1. The van der Waals surface area contributed by atoms with E-state index in [1.807, 2.05) is 6.92 Å². The number of halogens is 2. The van der Waals surface area contributed by atoms with Crippen molar-refractivity contribution in [1.29, 1.82) is 0 Å². The Morgan fingerprint density at radius 3 is 2.75 bits per heavy atom. The van der Waals surface area contributed by atoms with E-state index in [0.29, 0.717) is 19.4 Å². The van der Waals surface area contributed by atoms with E-state index in [-0.39, 0.29) is 18.9 Å². The first kappa shape index (κ1) is 15.2. The molecular formula is C10H19F2NO3. The highest BCUT2D eigenvalue weighted by Gasteiger charge is 2.05. The number of amides is 1. The molecular weight excluding hydrogens is 220 g/mol. The number of hydrogen-bond acceptors (Lipinski definition) is 3. The Morgan fingerprint density at radius 1 is 1.50 bits per heavy atom. The molecule has 0 saturated carbocycles. The second-order valence-electron chi connectivity index (χ2n) is 3.42. The molecule has 16 heavy (non-hydrogen) atoms. The fourth-order valence-corrected chi connectivity index (χ4v) is 1.01. The van der Waals surface area contributed by atoms with Crippen molar-refractivity contribution in [2.24, 2.45) is 0 Å². The van der Waals surface area contributed by atoms with E-state index < -0.39 is 19.1 Å². The Balaban J connectivity index is 3.31. The number of ether oxygens (including phenoxy) is 1. The molecule has 0 radical (unpaired) electrons. The van der Waals surface area contributed by atoms with E-state index >= 15 is 0 Å². The second-order valence-corrected chi connectivity index (χ2v) is 3.42. The lowest BCUT2D eigenvalue weighted by Crippen LogP contribution is -2.28. The summed E-state index contributed by atoms with van der Waals surface area (Å²) in [5, 5.41) is 11.8. The fourth-order valence-electron chi connectivity index (χ4n) is 1.01. The van der Waals surface area contributed by atoms with Crippen LogP contribution in [0.4, 0.5) is 8.78 Å². The number of alkyl halides is 2. The van der Waals surface area contributed by atoms with Crippen LogP contribution >= 0.6 is 0 Å². The molecule has 0 aliphatic carbocycles. The number of aliphatic hydroxyl groups excluding tert-OH is 1. The number of carbonyl (C=O) groups is 1. The highest BCUT2D eigenvalue weighted by atomic mass is 19.3. The lowest BCUT2D eigenvalue weighted by Gasteiger charge is -2.08. The summed E-state index contributed by atoms with van der Waals surface area (Å²) in [5.41, 5.74) is 0. The Bertz CT molecular complexity index is 191. The normalized spacial score (nSPS) is 12.8. The molecule has 0 saturated heterocycles. The second kappa shape index (κ2) is 9.47. The van der Waals surface area contributed by atoms with Crippen LogP contribution in [0.3, 0.4) is 0 Å². The standard InChI is InChI=1S/C10H19F2NO3/c1-2-8(14)3-5-13-10(15)4-6-16-7-9(11)12/h8-9,14H,2-7H2,1H3,(H,13,15). The van der Waals surface area contributed by atoms with Gasteiger partial charge < -0.3 is 15.2 Å². The molecule has 0 spiro atoms. The zero-order valence-electron chi connectivity index (χ0n) is 9.42. The molecule has 96 valence electrons. The Hall–Kier alpha value is -0.750. The highest BCUT2D eigenvalue weighted by molar-refractivity contribution is 5.75. The van der Waals surface area contributed by atoms with Gasteiger partial charge in [0.25, 0.3) is 6.43 Å². The van der Waals surface area contributed by atoms with E-state index in [9.17, 15) is 18.7 Å². The van der Waals surface area contributed by atoms with Crippen LogP contribution in [0.1, 0.15) is 26.2 Å². The van der Waals surface area contributed by atoms with Crippen molar-refractivity contribution in [3.8, 4) is 0 Å². The molecule has 0 bridgehead atoms. The van der Waals surface area contributed by atoms with Crippen molar-refractivity contribution >= 4 is 5.91 Å². The molecule has 0 heterocycles. The van der Waals surface area contributed by atoms with Crippen LogP contribution in [0, 0.1) is 0 Å². The van der Waals surface area contributed by atoms with Gasteiger partial charge >= 0.3 is 0 Å². The molecule has 1 atom stereocenters. The molecule has 1 amide bonds.